The smallest absolute Gasteiger partial charge is 0.180 e. The molecule has 1 unspecified atom stereocenters. The van der Waals surface area contributed by atoms with Crippen molar-refractivity contribution in [1.82, 2.24) is 5.32 Å². The number of halogens is 2. The van der Waals surface area contributed by atoms with Crippen molar-refractivity contribution in [2.24, 2.45) is 0 Å². The molecule has 1 aliphatic heterocycles. The molecule has 1 aliphatic rings. The zero-order valence-corrected chi connectivity index (χ0v) is 10.1. The van der Waals surface area contributed by atoms with Gasteiger partial charge in [-0.1, -0.05) is 11.6 Å². The Morgan fingerprint density at radius 1 is 1.35 bits per heavy atom. The Balaban J connectivity index is 2.05. The van der Waals surface area contributed by atoms with Crippen molar-refractivity contribution < 1.29 is 8.81 Å². The first kappa shape index (κ1) is 11.1. The van der Waals surface area contributed by atoms with Crippen LogP contribution in [0.1, 0.15) is 18.6 Å². The molecule has 0 saturated carbocycles. The number of alkyl halides is 1. The van der Waals surface area contributed by atoms with Gasteiger partial charge in [0.05, 0.1) is 0 Å². The lowest BCUT2D eigenvalue weighted by molar-refractivity contribution is 0.0954. The normalized spacial score (nSPS) is 25.3. The lowest BCUT2D eigenvalue weighted by Crippen LogP contribution is -2.39. The molecule has 0 aliphatic carbocycles. The lowest BCUT2D eigenvalue weighted by atomic mass is 9.93. The van der Waals surface area contributed by atoms with Crippen LogP contribution in [-0.4, -0.2) is 13.1 Å². The standard InChI is InChI=1S/C13H13ClFNO/c14-10-2-3-11-9(6-10)7-12(17-11)13(15)4-1-5-16-8-13/h2-3,6-7,16H,1,4-5,8H2. The Morgan fingerprint density at radius 2 is 2.24 bits per heavy atom. The van der Waals surface area contributed by atoms with Crippen LogP contribution in [0.15, 0.2) is 28.7 Å². The predicted octanol–water partition coefficient (Wildman–Crippen LogP) is 3.63. The van der Waals surface area contributed by atoms with E-state index in [1.807, 2.05) is 0 Å². The monoisotopic (exact) mass is 253 g/mol. The van der Waals surface area contributed by atoms with E-state index < -0.39 is 5.67 Å². The third-order valence-electron chi connectivity index (χ3n) is 3.25. The van der Waals surface area contributed by atoms with Gasteiger partial charge >= 0.3 is 0 Å². The summed E-state index contributed by atoms with van der Waals surface area (Å²) in [5, 5.41) is 4.56. The van der Waals surface area contributed by atoms with Gasteiger partial charge in [-0.15, -0.1) is 0 Å². The molecule has 0 radical (unpaired) electrons. The number of rotatable bonds is 1. The summed E-state index contributed by atoms with van der Waals surface area (Å²) in [5.41, 5.74) is -0.698. The second-order valence-electron chi connectivity index (χ2n) is 4.54. The van der Waals surface area contributed by atoms with Crippen LogP contribution in [0.2, 0.25) is 5.02 Å². The number of benzene rings is 1. The molecule has 0 amide bonds. The van der Waals surface area contributed by atoms with Gasteiger partial charge in [-0.3, -0.25) is 0 Å². The Morgan fingerprint density at radius 3 is 3.00 bits per heavy atom. The molecule has 1 aromatic heterocycles. The van der Waals surface area contributed by atoms with E-state index in [0.717, 1.165) is 18.4 Å². The molecule has 2 aromatic rings. The summed E-state index contributed by atoms with van der Waals surface area (Å²) in [6, 6.07) is 7.08. The Labute approximate surface area is 104 Å². The minimum absolute atomic E-state index is 0.320. The average molecular weight is 254 g/mol. The third-order valence-corrected chi connectivity index (χ3v) is 3.49. The number of hydrogen-bond acceptors (Lipinski definition) is 2. The molecule has 2 heterocycles. The molecular weight excluding hydrogens is 241 g/mol. The number of piperidine rings is 1. The number of nitrogens with one attached hydrogen (secondary N) is 1. The second-order valence-corrected chi connectivity index (χ2v) is 4.97. The highest BCUT2D eigenvalue weighted by Gasteiger charge is 2.37. The quantitative estimate of drug-likeness (QED) is 0.840. The van der Waals surface area contributed by atoms with E-state index >= 15 is 0 Å². The molecule has 1 N–H and O–H groups in total. The molecular formula is C13H13ClFNO. The van der Waals surface area contributed by atoms with Crippen LogP contribution in [-0.2, 0) is 5.67 Å². The predicted molar refractivity (Wildman–Crippen MR) is 66.1 cm³/mol. The van der Waals surface area contributed by atoms with Crippen LogP contribution in [0.4, 0.5) is 4.39 Å². The lowest BCUT2D eigenvalue weighted by Gasteiger charge is -2.27. The SMILES string of the molecule is FC1(c2cc3cc(Cl)ccc3o2)CCCNC1. The molecule has 17 heavy (non-hydrogen) atoms. The largest absolute Gasteiger partial charge is 0.458 e. The van der Waals surface area contributed by atoms with Gasteiger partial charge in [0.1, 0.15) is 11.3 Å². The number of hydrogen-bond donors (Lipinski definition) is 1. The highest BCUT2D eigenvalue weighted by Crippen LogP contribution is 2.36. The van der Waals surface area contributed by atoms with E-state index in [1.54, 1.807) is 24.3 Å². The molecule has 3 rings (SSSR count). The fraction of sp³-hybridized carbons (Fsp3) is 0.385. The van der Waals surface area contributed by atoms with E-state index in [-0.39, 0.29) is 0 Å². The highest BCUT2D eigenvalue weighted by atomic mass is 35.5. The molecule has 2 nitrogen and oxygen atoms in total. The van der Waals surface area contributed by atoms with Crippen LogP contribution < -0.4 is 5.32 Å². The fourth-order valence-corrected chi connectivity index (χ4v) is 2.49. The third kappa shape index (κ3) is 1.94. The summed E-state index contributed by atoms with van der Waals surface area (Å²) in [4.78, 5) is 0. The van der Waals surface area contributed by atoms with E-state index in [9.17, 15) is 4.39 Å². The van der Waals surface area contributed by atoms with Gasteiger partial charge in [0.15, 0.2) is 5.67 Å². The van der Waals surface area contributed by atoms with E-state index in [2.05, 4.69) is 5.32 Å². The van der Waals surface area contributed by atoms with Crippen molar-refractivity contribution in [2.75, 3.05) is 13.1 Å². The van der Waals surface area contributed by atoms with Crippen molar-refractivity contribution in [2.45, 2.75) is 18.5 Å². The molecule has 4 heteroatoms. The van der Waals surface area contributed by atoms with Crippen LogP contribution in [0.5, 0.6) is 0 Å². The molecule has 90 valence electrons. The van der Waals surface area contributed by atoms with Crippen LogP contribution in [0.25, 0.3) is 11.0 Å². The maximum atomic E-state index is 14.7. The van der Waals surface area contributed by atoms with Gasteiger partial charge in [-0.05, 0) is 43.7 Å². The maximum absolute atomic E-state index is 14.7. The summed E-state index contributed by atoms with van der Waals surface area (Å²) in [7, 11) is 0. The molecule has 0 bridgehead atoms. The zero-order chi connectivity index (χ0) is 11.9. The molecule has 1 fully saturated rings. The van der Waals surface area contributed by atoms with E-state index in [0.29, 0.717) is 29.3 Å². The zero-order valence-electron chi connectivity index (χ0n) is 9.30. The molecule has 1 atom stereocenters. The van der Waals surface area contributed by atoms with Crippen molar-refractivity contribution in [3.63, 3.8) is 0 Å². The Bertz CT molecular complexity index is 545. The first-order valence-corrected chi connectivity index (χ1v) is 6.14. The number of furan rings is 1. The Hall–Kier alpha value is -1.06. The summed E-state index contributed by atoms with van der Waals surface area (Å²) in [5.74, 6) is 0.405. The van der Waals surface area contributed by atoms with Gasteiger partial charge in [-0.25, -0.2) is 4.39 Å². The molecule has 1 aromatic carbocycles. The minimum atomic E-state index is -1.39. The van der Waals surface area contributed by atoms with Crippen molar-refractivity contribution in [3.05, 3.63) is 35.0 Å². The van der Waals surface area contributed by atoms with Crippen LogP contribution in [0, 0.1) is 0 Å². The van der Waals surface area contributed by atoms with E-state index in [4.69, 9.17) is 16.0 Å². The van der Waals surface area contributed by atoms with Gasteiger partial charge in [-0.2, -0.15) is 0 Å². The number of fused-ring (bicyclic) bond motifs is 1. The molecule has 0 spiro atoms. The van der Waals surface area contributed by atoms with Gasteiger partial charge in [0.2, 0.25) is 0 Å². The van der Waals surface area contributed by atoms with Gasteiger partial charge < -0.3 is 9.73 Å². The highest BCUT2D eigenvalue weighted by molar-refractivity contribution is 6.31. The minimum Gasteiger partial charge on any atom is -0.458 e. The summed E-state index contributed by atoms with van der Waals surface area (Å²) < 4.78 is 20.2. The van der Waals surface area contributed by atoms with Crippen molar-refractivity contribution >= 4 is 22.6 Å². The van der Waals surface area contributed by atoms with Crippen molar-refractivity contribution in [3.8, 4) is 0 Å². The van der Waals surface area contributed by atoms with Crippen molar-refractivity contribution in [1.29, 1.82) is 0 Å². The topological polar surface area (TPSA) is 25.2 Å². The maximum Gasteiger partial charge on any atom is 0.180 e. The Kier molecular flexibility index (Phi) is 2.60. The summed E-state index contributed by atoms with van der Waals surface area (Å²) >= 11 is 5.90. The summed E-state index contributed by atoms with van der Waals surface area (Å²) in [6.45, 7) is 1.19. The van der Waals surface area contributed by atoms with Crippen LogP contribution in [0.3, 0.4) is 0 Å². The average Bonchev–Trinajstić information content (AvgIpc) is 2.73. The second kappa shape index (κ2) is 4.00. The van der Waals surface area contributed by atoms with Crippen LogP contribution >= 0.6 is 11.6 Å². The fourth-order valence-electron chi connectivity index (χ4n) is 2.31. The van der Waals surface area contributed by atoms with Gasteiger partial charge in [0.25, 0.3) is 0 Å². The van der Waals surface area contributed by atoms with E-state index in [1.165, 1.54) is 0 Å². The summed E-state index contributed by atoms with van der Waals surface area (Å²) in [6.07, 6.45) is 1.34. The first-order chi connectivity index (χ1) is 8.17. The first-order valence-electron chi connectivity index (χ1n) is 5.77. The molecule has 1 saturated heterocycles. The van der Waals surface area contributed by atoms with Gasteiger partial charge in [0, 0.05) is 17.0 Å².